The summed E-state index contributed by atoms with van der Waals surface area (Å²) in [6, 6.07) is 5.64. The molecule has 1 aromatic heterocycles. The molecule has 0 bridgehead atoms. The van der Waals surface area contributed by atoms with Crippen LogP contribution in [0.3, 0.4) is 0 Å². The van der Waals surface area contributed by atoms with Gasteiger partial charge in [0.2, 0.25) is 0 Å². The molecule has 0 amide bonds. The van der Waals surface area contributed by atoms with Gasteiger partial charge in [-0.05, 0) is 19.9 Å². The first-order valence-electron chi connectivity index (χ1n) is 6.44. The maximum absolute atomic E-state index is 11.6. The average molecular weight is 303 g/mol. The number of hydrogen-bond acceptors (Lipinski definition) is 7. The van der Waals surface area contributed by atoms with Crippen molar-refractivity contribution >= 4 is 11.7 Å². The van der Waals surface area contributed by atoms with Gasteiger partial charge in [0.15, 0.2) is 0 Å². The van der Waals surface area contributed by atoms with E-state index >= 15 is 0 Å². The molecule has 0 N–H and O–H groups in total. The lowest BCUT2D eigenvalue weighted by molar-refractivity contribution is -0.384. The Labute approximate surface area is 125 Å². The van der Waals surface area contributed by atoms with Crippen LogP contribution in [0, 0.1) is 17.0 Å². The minimum absolute atomic E-state index is 0.00829. The van der Waals surface area contributed by atoms with Crippen molar-refractivity contribution in [3.05, 3.63) is 51.8 Å². The van der Waals surface area contributed by atoms with E-state index in [2.05, 4.69) is 9.97 Å². The van der Waals surface area contributed by atoms with Crippen molar-refractivity contribution in [2.75, 3.05) is 6.61 Å². The summed E-state index contributed by atoms with van der Waals surface area (Å²) in [5.74, 6) is -0.278. The average Bonchev–Trinajstić information content (AvgIpc) is 2.47. The number of aromatic nitrogens is 2. The quantitative estimate of drug-likeness (QED) is 0.475. The van der Waals surface area contributed by atoms with Crippen LogP contribution in [0.4, 0.5) is 5.69 Å². The normalized spacial score (nSPS) is 10.1. The number of nitro groups is 1. The van der Waals surface area contributed by atoms with Gasteiger partial charge in [-0.3, -0.25) is 10.1 Å². The summed E-state index contributed by atoms with van der Waals surface area (Å²) in [7, 11) is 0. The highest BCUT2D eigenvalue weighted by molar-refractivity contribution is 5.90. The second kappa shape index (κ2) is 6.61. The first-order valence-corrected chi connectivity index (χ1v) is 6.44. The fourth-order valence-corrected chi connectivity index (χ4v) is 1.67. The molecule has 1 heterocycles. The van der Waals surface area contributed by atoms with Crippen LogP contribution in [0.1, 0.15) is 23.0 Å². The number of carbonyl (C=O) groups is 1. The van der Waals surface area contributed by atoms with E-state index in [-0.39, 0.29) is 29.6 Å². The molecule has 1 aromatic carbocycles. The first-order chi connectivity index (χ1) is 10.5. The maximum Gasteiger partial charge on any atom is 0.341 e. The molecule has 0 aliphatic rings. The highest BCUT2D eigenvalue weighted by atomic mass is 16.6. The van der Waals surface area contributed by atoms with E-state index in [1.807, 2.05) is 0 Å². The predicted molar refractivity (Wildman–Crippen MR) is 75.9 cm³/mol. The number of esters is 1. The molecular weight excluding hydrogens is 290 g/mol. The largest absolute Gasteiger partial charge is 0.462 e. The summed E-state index contributed by atoms with van der Waals surface area (Å²) in [5.41, 5.74) is 0.541. The van der Waals surface area contributed by atoms with E-state index < -0.39 is 10.9 Å². The van der Waals surface area contributed by atoms with Gasteiger partial charge in [0, 0.05) is 12.3 Å². The number of aryl methyl sites for hydroxylation is 1. The Morgan fingerprint density at radius 3 is 2.82 bits per heavy atom. The summed E-state index contributed by atoms with van der Waals surface area (Å²) >= 11 is 0. The van der Waals surface area contributed by atoms with Gasteiger partial charge in [-0.1, -0.05) is 6.07 Å². The molecule has 0 spiro atoms. The number of nitrogens with zero attached hydrogens (tertiary/aromatic N) is 3. The van der Waals surface area contributed by atoms with Crippen LogP contribution in [0.2, 0.25) is 0 Å². The van der Waals surface area contributed by atoms with Gasteiger partial charge in [0.25, 0.3) is 5.69 Å². The minimum Gasteiger partial charge on any atom is -0.462 e. The van der Waals surface area contributed by atoms with Gasteiger partial charge in [-0.2, -0.15) is 4.98 Å². The van der Waals surface area contributed by atoms with Crippen molar-refractivity contribution in [1.82, 2.24) is 9.97 Å². The Kier molecular flexibility index (Phi) is 4.62. The molecule has 0 atom stereocenters. The summed E-state index contributed by atoms with van der Waals surface area (Å²) in [5, 5.41) is 10.7. The van der Waals surface area contributed by atoms with Gasteiger partial charge in [-0.25, -0.2) is 9.78 Å². The van der Waals surface area contributed by atoms with Crippen molar-refractivity contribution < 1.29 is 19.2 Å². The Hall–Kier alpha value is -3.03. The monoisotopic (exact) mass is 303 g/mol. The number of nitro benzene ring substituents is 1. The molecule has 2 aromatic rings. The van der Waals surface area contributed by atoms with E-state index in [1.54, 1.807) is 19.9 Å². The molecule has 8 nitrogen and oxygen atoms in total. The lowest BCUT2D eigenvalue weighted by atomic mass is 10.2. The second-order valence-corrected chi connectivity index (χ2v) is 4.23. The second-order valence-electron chi connectivity index (χ2n) is 4.23. The lowest BCUT2D eigenvalue weighted by Gasteiger charge is -2.07. The minimum atomic E-state index is -0.525. The van der Waals surface area contributed by atoms with E-state index in [1.165, 1.54) is 24.4 Å². The number of rotatable bonds is 5. The topological polar surface area (TPSA) is 104 Å². The predicted octanol–water partition coefficient (Wildman–Crippen LogP) is 2.66. The van der Waals surface area contributed by atoms with Crippen molar-refractivity contribution in [1.29, 1.82) is 0 Å². The Morgan fingerprint density at radius 2 is 2.18 bits per heavy atom. The molecule has 114 valence electrons. The maximum atomic E-state index is 11.6. The summed E-state index contributed by atoms with van der Waals surface area (Å²) in [6.07, 6.45) is 1.30. The standard InChI is InChI=1S/C14H13N3O5/c1-3-21-13(18)12-8-15-14(16-9(12)2)22-11-6-4-5-10(7-11)17(19)20/h4-8H,3H2,1-2H3. The van der Waals surface area contributed by atoms with Crippen LogP contribution in [-0.2, 0) is 4.74 Å². The van der Waals surface area contributed by atoms with E-state index in [0.717, 1.165) is 0 Å². The van der Waals surface area contributed by atoms with Crippen molar-refractivity contribution in [3.63, 3.8) is 0 Å². The van der Waals surface area contributed by atoms with Crippen LogP contribution >= 0.6 is 0 Å². The van der Waals surface area contributed by atoms with Crippen LogP contribution in [-0.4, -0.2) is 27.5 Å². The molecular formula is C14H13N3O5. The summed E-state index contributed by atoms with van der Waals surface area (Å²) in [6.45, 7) is 3.58. The van der Waals surface area contributed by atoms with Gasteiger partial charge >= 0.3 is 12.0 Å². The van der Waals surface area contributed by atoms with E-state index in [0.29, 0.717) is 5.69 Å². The SMILES string of the molecule is CCOC(=O)c1cnc(Oc2cccc([N+](=O)[O-])c2)nc1C. The Balaban J connectivity index is 2.20. The van der Waals surface area contributed by atoms with E-state index in [4.69, 9.17) is 9.47 Å². The molecule has 2 rings (SSSR count). The zero-order chi connectivity index (χ0) is 16.1. The summed E-state index contributed by atoms with van der Waals surface area (Å²) < 4.78 is 10.2. The lowest BCUT2D eigenvalue weighted by Crippen LogP contribution is -2.09. The van der Waals surface area contributed by atoms with Gasteiger partial charge in [0.05, 0.1) is 28.9 Å². The molecule has 0 radical (unpaired) electrons. The van der Waals surface area contributed by atoms with Crippen molar-refractivity contribution in [3.8, 4) is 11.8 Å². The smallest absolute Gasteiger partial charge is 0.341 e. The van der Waals surface area contributed by atoms with Crippen molar-refractivity contribution in [2.45, 2.75) is 13.8 Å². The summed E-state index contributed by atoms with van der Waals surface area (Å²) in [4.78, 5) is 29.8. The van der Waals surface area contributed by atoms with Gasteiger partial charge in [0.1, 0.15) is 5.75 Å². The molecule has 0 fully saturated rings. The molecule has 0 saturated carbocycles. The highest BCUT2D eigenvalue weighted by Gasteiger charge is 2.14. The van der Waals surface area contributed by atoms with Crippen LogP contribution < -0.4 is 4.74 Å². The Morgan fingerprint density at radius 1 is 1.41 bits per heavy atom. The van der Waals surface area contributed by atoms with Crippen LogP contribution in [0.15, 0.2) is 30.5 Å². The molecule has 0 unspecified atom stereocenters. The zero-order valence-electron chi connectivity index (χ0n) is 12.0. The number of hydrogen-bond donors (Lipinski definition) is 0. The van der Waals surface area contributed by atoms with Crippen LogP contribution in [0.5, 0.6) is 11.8 Å². The number of non-ortho nitro benzene ring substituents is 1. The number of carbonyl (C=O) groups excluding carboxylic acids is 1. The zero-order valence-corrected chi connectivity index (χ0v) is 12.0. The molecule has 8 heteroatoms. The molecule has 0 saturated heterocycles. The fraction of sp³-hybridized carbons (Fsp3) is 0.214. The third-order valence-electron chi connectivity index (χ3n) is 2.69. The van der Waals surface area contributed by atoms with Crippen molar-refractivity contribution in [2.24, 2.45) is 0 Å². The third kappa shape index (κ3) is 3.54. The fourth-order valence-electron chi connectivity index (χ4n) is 1.67. The van der Waals surface area contributed by atoms with Gasteiger partial charge in [-0.15, -0.1) is 0 Å². The number of benzene rings is 1. The third-order valence-corrected chi connectivity index (χ3v) is 2.69. The Bertz CT molecular complexity index is 717. The molecule has 0 aliphatic heterocycles. The van der Waals surface area contributed by atoms with E-state index in [9.17, 15) is 14.9 Å². The first kappa shape index (κ1) is 15.4. The number of ether oxygens (including phenoxy) is 2. The molecule has 0 aliphatic carbocycles. The highest BCUT2D eigenvalue weighted by Crippen LogP contribution is 2.23. The van der Waals surface area contributed by atoms with Crippen LogP contribution in [0.25, 0.3) is 0 Å². The van der Waals surface area contributed by atoms with Gasteiger partial charge < -0.3 is 9.47 Å². The molecule has 22 heavy (non-hydrogen) atoms.